The van der Waals surface area contributed by atoms with Crippen molar-refractivity contribution in [2.45, 2.75) is 25.9 Å². The maximum absolute atomic E-state index is 5.59. The molecular weight excluding hydrogens is 442 g/mol. The van der Waals surface area contributed by atoms with Gasteiger partial charge in [0.25, 0.3) is 0 Å². The number of benzene rings is 1. The van der Waals surface area contributed by atoms with Crippen LogP contribution in [0.15, 0.2) is 28.5 Å². The summed E-state index contributed by atoms with van der Waals surface area (Å²) in [5.74, 6) is 11.8. The summed E-state index contributed by atoms with van der Waals surface area (Å²) in [7, 11) is 3.26. The Morgan fingerprint density at radius 3 is 2.59 bits per heavy atom. The van der Waals surface area contributed by atoms with E-state index in [4.69, 9.17) is 30.8 Å². The molecule has 0 bridgehead atoms. The van der Waals surface area contributed by atoms with Gasteiger partial charge in [-0.2, -0.15) is 20.8 Å². The fraction of sp³-hybridized carbons (Fsp3) is 0.476. The van der Waals surface area contributed by atoms with Gasteiger partial charge in [-0.3, -0.25) is 9.47 Å². The van der Waals surface area contributed by atoms with E-state index in [2.05, 4.69) is 36.3 Å². The molecule has 4 N–H and O–H groups in total. The number of likely N-dealkylation sites (tertiary alicyclic amines) is 1. The van der Waals surface area contributed by atoms with Crippen LogP contribution < -0.4 is 26.1 Å². The number of aromatic nitrogens is 4. The molecule has 0 radical (unpaired) electrons. The van der Waals surface area contributed by atoms with E-state index in [1.807, 2.05) is 12.1 Å². The summed E-state index contributed by atoms with van der Waals surface area (Å²) < 4.78 is 17.9. The molecule has 0 unspecified atom stereocenters. The highest BCUT2D eigenvalue weighted by Gasteiger charge is 2.21. The predicted octanol–water partition coefficient (Wildman–Crippen LogP) is 1.71. The van der Waals surface area contributed by atoms with Crippen molar-refractivity contribution in [2.75, 3.05) is 40.5 Å². The van der Waals surface area contributed by atoms with Gasteiger partial charge in [-0.05, 0) is 43.6 Å². The van der Waals surface area contributed by atoms with Gasteiger partial charge in [-0.15, -0.1) is 5.11 Å². The molecule has 13 heteroatoms. The lowest BCUT2D eigenvalue weighted by atomic mass is 10.1. The molecule has 0 atom stereocenters. The molecule has 1 aliphatic heterocycles. The number of fused-ring (bicyclic) bond motifs is 1. The van der Waals surface area contributed by atoms with E-state index in [-0.39, 0.29) is 24.4 Å². The number of rotatable bonds is 11. The zero-order chi connectivity index (χ0) is 23.9. The van der Waals surface area contributed by atoms with Crippen LogP contribution in [0.1, 0.15) is 24.0 Å². The van der Waals surface area contributed by atoms with Crippen molar-refractivity contribution in [3.8, 4) is 17.8 Å². The predicted molar refractivity (Wildman–Crippen MR) is 123 cm³/mol. The van der Waals surface area contributed by atoms with Gasteiger partial charge in [-0.25, -0.2) is 0 Å². The van der Waals surface area contributed by atoms with E-state index in [1.54, 1.807) is 18.8 Å². The number of ether oxygens (including phenoxy) is 3. The molecular formula is C21H29N9O4. The minimum Gasteiger partial charge on any atom is -0.496 e. The van der Waals surface area contributed by atoms with Crippen molar-refractivity contribution >= 4 is 17.0 Å². The lowest BCUT2D eigenvalue weighted by molar-refractivity contribution is 0.141. The van der Waals surface area contributed by atoms with E-state index in [1.165, 1.54) is 12.8 Å². The first-order valence-corrected chi connectivity index (χ1v) is 10.9. The second-order valence-electron chi connectivity index (χ2n) is 7.79. The van der Waals surface area contributed by atoms with Gasteiger partial charge in [0.05, 0.1) is 20.3 Å². The minimum atomic E-state index is 0.0844. The topological polar surface area (TPSA) is 161 Å². The monoisotopic (exact) mass is 471 g/mol. The fourth-order valence-electron chi connectivity index (χ4n) is 4.00. The van der Waals surface area contributed by atoms with Crippen molar-refractivity contribution in [3.05, 3.63) is 29.3 Å². The van der Waals surface area contributed by atoms with Gasteiger partial charge in [0.1, 0.15) is 12.4 Å². The van der Waals surface area contributed by atoms with Crippen LogP contribution in [0.4, 0.5) is 5.82 Å². The molecule has 0 aliphatic carbocycles. The Bertz CT molecular complexity index is 1140. The van der Waals surface area contributed by atoms with Crippen molar-refractivity contribution in [1.29, 1.82) is 0 Å². The van der Waals surface area contributed by atoms with Crippen LogP contribution in [0.3, 0.4) is 0 Å². The van der Waals surface area contributed by atoms with E-state index < -0.39 is 0 Å². The second kappa shape index (κ2) is 11.0. The Morgan fingerprint density at radius 2 is 1.88 bits per heavy atom. The Hall–Kier alpha value is -3.55. The highest BCUT2D eigenvalue weighted by Crippen LogP contribution is 2.30. The third-order valence-electron chi connectivity index (χ3n) is 5.58. The van der Waals surface area contributed by atoms with Crippen LogP contribution in [0.5, 0.6) is 17.8 Å². The van der Waals surface area contributed by atoms with E-state index in [0.717, 1.165) is 36.5 Å². The zero-order valence-electron chi connectivity index (χ0n) is 19.3. The van der Waals surface area contributed by atoms with Crippen molar-refractivity contribution in [2.24, 2.45) is 22.1 Å². The lowest BCUT2D eigenvalue weighted by Crippen LogP contribution is -2.19. The molecule has 3 aromatic rings. The SMILES string of the molecule is COCCOc1nc(N=NN)c2nc(ON)n(Cc3ccc(OC)c(CN4CCCC4)c3)c2n1. The van der Waals surface area contributed by atoms with Crippen LogP contribution in [0, 0.1) is 0 Å². The maximum atomic E-state index is 5.59. The Kier molecular flexibility index (Phi) is 7.67. The zero-order valence-corrected chi connectivity index (χ0v) is 19.3. The van der Waals surface area contributed by atoms with Gasteiger partial charge >= 0.3 is 12.0 Å². The standard InChI is InChI=1S/C21H29N9O4/c1-31-9-10-33-20-25-18(27-28-22)17-19(26-20)30(21(24-17)34-23)12-14-5-6-16(32-2)15(11-14)13-29-7-3-4-8-29/h5-6,11H,3-4,7-10,12-13,23H2,1-2H3,(H2,22,25,26,27). The third kappa shape index (κ3) is 5.16. The van der Waals surface area contributed by atoms with Crippen LogP contribution in [0.25, 0.3) is 11.2 Å². The number of hydrogen-bond acceptors (Lipinski definition) is 11. The van der Waals surface area contributed by atoms with Crippen molar-refractivity contribution in [1.82, 2.24) is 24.4 Å². The van der Waals surface area contributed by atoms with Crippen molar-refractivity contribution < 1.29 is 19.0 Å². The fourth-order valence-corrected chi connectivity index (χ4v) is 4.00. The number of hydrogen-bond donors (Lipinski definition) is 2. The molecule has 3 heterocycles. The number of nitrogens with two attached hydrogens (primary N) is 2. The quantitative estimate of drug-likeness (QED) is 0.182. The van der Waals surface area contributed by atoms with E-state index >= 15 is 0 Å². The van der Waals surface area contributed by atoms with Gasteiger partial charge in [-0.1, -0.05) is 11.3 Å². The summed E-state index contributed by atoms with van der Waals surface area (Å²) in [6.45, 7) is 4.01. The molecule has 4 rings (SSSR count). The van der Waals surface area contributed by atoms with E-state index in [9.17, 15) is 0 Å². The molecule has 1 saturated heterocycles. The second-order valence-corrected chi connectivity index (χ2v) is 7.79. The minimum absolute atomic E-state index is 0.0844. The first-order valence-electron chi connectivity index (χ1n) is 10.9. The van der Waals surface area contributed by atoms with Crippen LogP contribution in [-0.2, 0) is 17.8 Å². The highest BCUT2D eigenvalue weighted by molar-refractivity contribution is 5.82. The van der Waals surface area contributed by atoms with Gasteiger partial charge in [0, 0.05) is 19.2 Å². The van der Waals surface area contributed by atoms with Crippen LogP contribution >= 0.6 is 0 Å². The third-order valence-corrected chi connectivity index (χ3v) is 5.58. The van der Waals surface area contributed by atoms with E-state index in [0.29, 0.717) is 24.3 Å². The lowest BCUT2D eigenvalue weighted by Gasteiger charge is -2.18. The first kappa shape index (κ1) is 23.6. The number of nitrogens with zero attached hydrogens (tertiary/aromatic N) is 7. The highest BCUT2D eigenvalue weighted by atomic mass is 16.6. The molecule has 1 aliphatic rings. The average molecular weight is 472 g/mol. The summed E-state index contributed by atoms with van der Waals surface area (Å²) in [6.07, 6.45) is 2.44. The average Bonchev–Trinajstić information content (AvgIpc) is 3.48. The summed E-state index contributed by atoms with van der Waals surface area (Å²) >= 11 is 0. The van der Waals surface area contributed by atoms with Crippen LogP contribution in [0.2, 0.25) is 0 Å². The summed E-state index contributed by atoms with van der Waals surface area (Å²) in [6, 6.07) is 6.28. The summed E-state index contributed by atoms with van der Waals surface area (Å²) in [5.41, 5.74) is 2.86. The summed E-state index contributed by atoms with van der Waals surface area (Å²) in [5, 5.41) is 7.20. The van der Waals surface area contributed by atoms with Gasteiger partial charge in [0.15, 0.2) is 11.2 Å². The van der Waals surface area contributed by atoms with Crippen LogP contribution in [-0.4, -0.2) is 64.9 Å². The molecule has 2 aromatic heterocycles. The maximum Gasteiger partial charge on any atom is 0.320 e. The normalized spacial score (nSPS) is 14.3. The molecule has 1 aromatic carbocycles. The molecule has 0 amide bonds. The van der Waals surface area contributed by atoms with Gasteiger partial charge < -0.3 is 24.9 Å². The molecule has 0 spiro atoms. The smallest absolute Gasteiger partial charge is 0.320 e. The Balaban J connectivity index is 1.71. The summed E-state index contributed by atoms with van der Waals surface area (Å²) in [4.78, 5) is 20.6. The van der Waals surface area contributed by atoms with Gasteiger partial charge in [0.2, 0.25) is 5.82 Å². The molecule has 0 saturated carbocycles. The first-order chi connectivity index (χ1) is 16.7. The Labute approximate surface area is 196 Å². The largest absolute Gasteiger partial charge is 0.496 e. The number of imidazole rings is 1. The molecule has 34 heavy (non-hydrogen) atoms. The molecule has 1 fully saturated rings. The molecule has 182 valence electrons. The van der Waals surface area contributed by atoms with Crippen molar-refractivity contribution in [3.63, 3.8) is 0 Å². The molecule has 13 nitrogen and oxygen atoms in total. The Morgan fingerprint density at radius 1 is 1.06 bits per heavy atom. The number of methoxy groups -OCH3 is 2.